The number of nitrogens with one attached hydrogen (secondary N) is 1. The molecule has 1 aromatic carbocycles. The molecule has 0 bridgehead atoms. The van der Waals surface area contributed by atoms with Crippen molar-refractivity contribution in [2.75, 3.05) is 5.75 Å². The lowest BCUT2D eigenvalue weighted by atomic mass is 10.1. The summed E-state index contributed by atoms with van der Waals surface area (Å²) in [6.07, 6.45) is 1.55. The lowest BCUT2D eigenvalue weighted by Crippen LogP contribution is -2.28. The summed E-state index contributed by atoms with van der Waals surface area (Å²) in [7, 11) is -3.80. The molecule has 1 heterocycles. The highest BCUT2D eigenvalue weighted by molar-refractivity contribution is 7.89. The monoisotopic (exact) mass is 338 g/mol. The summed E-state index contributed by atoms with van der Waals surface area (Å²) < 4.78 is 54.3. The molecule has 0 aliphatic heterocycles. The van der Waals surface area contributed by atoms with Crippen LogP contribution in [0.5, 0.6) is 0 Å². The smallest absolute Gasteiger partial charge is 0.260 e. The molecule has 2 atom stereocenters. The molecule has 1 aliphatic carbocycles. The van der Waals surface area contributed by atoms with Crippen molar-refractivity contribution in [3.05, 3.63) is 66.0 Å². The molecular weight excluding hydrogens is 322 g/mol. The molecule has 0 saturated heterocycles. The van der Waals surface area contributed by atoms with Crippen LogP contribution in [0.2, 0.25) is 0 Å². The first-order valence-corrected chi connectivity index (χ1v) is 8.85. The molecule has 23 heavy (non-hydrogen) atoms. The van der Waals surface area contributed by atoms with Gasteiger partial charge in [-0.2, -0.15) is 0 Å². The van der Waals surface area contributed by atoms with Crippen LogP contribution >= 0.6 is 0 Å². The van der Waals surface area contributed by atoms with Gasteiger partial charge >= 0.3 is 0 Å². The third-order valence-electron chi connectivity index (χ3n) is 3.96. The second-order valence-electron chi connectivity index (χ2n) is 5.59. The molecular formula is C16H16F2N2O2S. The van der Waals surface area contributed by atoms with E-state index in [-0.39, 0.29) is 6.54 Å². The first-order chi connectivity index (χ1) is 10.9. The SMILES string of the molecule is O=S(=O)(C[C@H]1[C@H](c2ccccc2)C1(F)F)NCc1ccccn1. The van der Waals surface area contributed by atoms with Gasteiger partial charge in [0.15, 0.2) is 0 Å². The Balaban J connectivity index is 1.64. The largest absolute Gasteiger partial charge is 0.260 e. The van der Waals surface area contributed by atoms with Crippen LogP contribution in [-0.4, -0.2) is 25.1 Å². The molecule has 0 amide bonds. The van der Waals surface area contributed by atoms with Gasteiger partial charge in [0.05, 0.1) is 29.8 Å². The molecule has 7 heteroatoms. The van der Waals surface area contributed by atoms with E-state index in [4.69, 9.17) is 0 Å². The van der Waals surface area contributed by atoms with Gasteiger partial charge in [0.25, 0.3) is 5.92 Å². The number of sulfonamides is 1. The van der Waals surface area contributed by atoms with Crippen LogP contribution < -0.4 is 4.72 Å². The van der Waals surface area contributed by atoms with Crippen molar-refractivity contribution >= 4 is 10.0 Å². The third kappa shape index (κ3) is 3.56. The number of alkyl halides is 2. The number of hydrogen-bond acceptors (Lipinski definition) is 3. The first-order valence-electron chi connectivity index (χ1n) is 7.20. The number of pyridine rings is 1. The van der Waals surface area contributed by atoms with Gasteiger partial charge in [-0.15, -0.1) is 0 Å². The summed E-state index contributed by atoms with van der Waals surface area (Å²) in [4.78, 5) is 3.99. The van der Waals surface area contributed by atoms with Crippen LogP contribution in [0.25, 0.3) is 0 Å². The summed E-state index contributed by atoms with van der Waals surface area (Å²) in [6.45, 7) is -0.00251. The Labute approximate surface area is 133 Å². The number of rotatable bonds is 6. The summed E-state index contributed by atoms with van der Waals surface area (Å²) in [5, 5.41) is 0. The zero-order valence-corrected chi connectivity index (χ0v) is 13.0. The van der Waals surface area contributed by atoms with Crippen LogP contribution in [0, 0.1) is 5.92 Å². The Morgan fingerprint density at radius 2 is 1.78 bits per heavy atom. The maximum absolute atomic E-state index is 13.9. The zero-order valence-electron chi connectivity index (χ0n) is 12.2. The Kier molecular flexibility index (Phi) is 4.16. The van der Waals surface area contributed by atoms with E-state index in [1.54, 1.807) is 54.7 Å². The quantitative estimate of drug-likeness (QED) is 0.881. The van der Waals surface area contributed by atoms with Gasteiger partial charge < -0.3 is 0 Å². The van der Waals surface area contributed by atoms with Crippen molar-refractivity contribution in [1.29, 1.82) is 0 Å². The van der Waals surface area contributed by atoms with Gasteiger partial charge in [0.2, 0.25) is 10.0 Å². The van der Waals surface area contributed by atoms with E-state index in [9.17, 15) is 17.2 Å². The number of hydrogen-bond donors (Lipinski definition) is 1. The predicted octanol–water partition coefficient (Wildman–Crippen LogP) is 2.55. The average molecular weight is 338 g/mol. The fourth-order valence-electron chi connectivity index (χ4n) is 2.69. The maximum atomic E-state index is 13.9. The minimum absolute atomic E-state index is 0.00251. The van der Waals surface area contributed by atoms with Crippen molar-refractivity contribution in [1.82, 2.24) is 9.71 Å². The van der Waals surface area contributed by atoms with Crippen LogP contribution in [0.3, 0.4) is 0 Å². The van der Waals surface area contributed by atoms with E-state index < -0.39 is 33.5 Å². The van der Waals surface area contributed by atoms with E-state index in [0.717, 1.165) is 0 Å². The molecule has 4 nitrogen and oxygen atoms in total. The minimum Gasteiger partial charge on any atom is -0.260 e. The van der Waals surface area contributed by atoms with Gasteiger partial charge in [-0.25, -0.2) is 21.9 Å². The normalized spacial score (nSPS) is 22.7. The molecule has 3 rings (SSSR count). The van der Waals surface area contributed by atoms with Crippen molar-refractivity contribution in [3.8, 4) is 0 Å². The second kappa shape index (κ2) is 5.98. The Morgan fingerprint density at radius 3 is 2.43 bits per heavy atom. The molecule has 1 fully saturated rings. The van der Waals surface area contributed by atoms with Gasteiger partial charge in [-0.3, -0.25) is 4.98 Å². The van der Waals surface area contributed by atoms with Crippen molar-refractivity contribution in [3.63, 3.8) is 0 Å². The summed E-state index contributed by atoms with van der Waals surface area (Å²) in [6, 6.07) is 13.4. The third-order valence-corrected chi connectivity index (χ3v) is 5.34. The Hall–Kier alpha value is -1.86. The Bertz CT molecular complexity index is 767. The predicted molar refractivity (Wildman–Crippen MR) is 82.5 cm³/mol. The molecule has 0 radical (unpaired) electrons. The summed E-state index contributed by atoms with van der Waals surface area (Å²) >= 11 is 0. The van der Waals surface area contributed by atoms with Gasteiger partial charge in [0, 0.05) is 6.20 Å². The molecule has 1 aromatic heterocycles. The molecule has 0 unspecified atom stereocenters. The van der Waals surface area contributed by atoms with Gasteiger partial charge in [0.1, 0.15) is 0 Å². The van der Waals surface area contributed by atoms with Crippen LogP contribution in [0.1, 0.15) is 17.2 Å². The van der Waals surface area contributed by atoms with Crippen LogP contribution in [0.15, 0.2) is 54.7 Å². The molecule has 1 aliphatic rings. The van der Waals surface area contributed by atoms with Gasteiger partial charge in [-0.05, 0) is 17.7 Å². The van der Waals surface area contributed by atoms with Crippen molar-refractivity contribution in [2.45, 2.75) is 18.4 Å². The minimum atomic E-state index is -3.80. The maximum Gasteiger partial charge on any atom is 0.260 e. The van der Waals surface area contributed by atoms with Crippen molar-refractivity contribution < 1.29 is 17.2 Å². The fraction of sp³-hybridized carbons (Fsp3) is 0.312. The standard InChI is InChI=1S/C16H16F2N2O2S/c17-16(18)14(15(16)12-6-2-1-3-7-12)11-23(21,22)20-10-13-8-4-5-9-19-13/h1-9,14-15,20H,10-11H2/t14-,15-/m0/s1. The highest BCUT2D eigenvalue weighted by Crippen LogP contribution is 2.61. The number of benzene rings is 1. The molecule has 1 N–H and O–H groups in total. The van der Waals surface area contributed by atoms with E-state index in [1.807, 2.05) is 0 Å². The summed E-state index contributed by atoms with van der Waals surface area (Å²) in [5.41, 5.74) is 1.01. The Morgan fingerprint density at radius 1 is 1.09 bits per heavy atom. The molecule has 122 valence electrons. The average Bonchev–Trinajstić information content (AvgIpc) is 3.07. The topological polar surface area (TPSA) is 59.1 Å². The fourth-order valence-corrected chi connectivity index (χ4v) is 4.07. The summed E-state index contributed by atoms with van der Waals surface area (Å²) in [5.74, 6) is -5.80. The number of aromatic nitrogens is 1. The highest BCUT2D eigenvalue weighted by atomic mass is 32.2. The molecule has 2 aromatic rings. The van der Waals surface area contributed by atoms with E-state index >= 15 is 0 Å². The van der Waals surface area contributed by atoms with Crippen LogP contribution in [-0.2, 0) is 16.6 Å². The highest BCUT2D eigenvalue weighted by Gasteiger charge is 2.69. The van der Waals surface area contributed by atoms with Crippen molar-refractivity contribution in [2.24, 2.45) is 5.92 Å². The van der Waals surface area contributed by atoms with E-state index in [1.165, 1.54) is 0 Å². The first kappa shape index (κ1) is 16.0. The lowest BCUT2D eigenvalue weighted by Gasteiger charge is -2.05. The molecule has 0 spiro atoms. The lowest BCUT2D eigenvalue weighted by molar-refractivity contribution is 0.0967. The van der Waals surface area contributed by atoms with E-state index in [2.05, 4.69) is 9.71 Å². The van der Waals surface area contributed by atoms with E-state index in [0.29, 0.717) is 11.3 Å². The van der Waals surface area contributed by atoms with Gasteiger partial charge in [-0.1, -0.05) is 36.4 Å². The second-order valence-corrected chi connectivity index (χ2v) is 7.44. The molecule has 1 saturated carbocycles. The number of halogens is 2. The van der Waals surface area contributed by atoms with Crippen LogP contribution in [0.4, 0.5) is 8.78 Å². The number of nitrogens with zero attached hydrogens (tertiary/aromatic N) is 1. The zero-order chi connectivity index (χ0) is 16.5.